The molecule has 9 aromatic carbocycles. The topological polar surface area (TPSA) is 12.5 Å². The van der Waals surface area contributed by atoms with E-state index in [4.69, 9.17) is 4.74 Å². The Morgan fingerprint density at radius 3 is 1.76 bits per heavy atom. The van der Waals surface area contributed by atoms with Crippen molar-refractivity contribution in [1.29, 1.82) is 0 Å². The lowest BCUT2D eigenvalue weighted by Gasteiger charge is -2.30. The lowest BCUT2D eigenvalue weighted by Crippen LogP contribution is -2.12. The van der Waals surface area contributed by atoms with Crippen LogP contribution in [0.2, 0.25) is 0 Å². The predicted octanol–water partition coefficient (Wildman–Crippen LogP) is 15.5. The van der Waals surface area contributed by atoms with E-state index >= 15 is 0 Å². The molecule has 0 N–H and O–H groups in total. The number of anilines is 3. The van der Waals surface area contributed by atoms with Crippen molar-refractivity contribution in [3.8, 4) is 56.0 Å². The van der Waals surface area contributed by atoms with Gasteiger partial charge in [-0.2, -0.15) is 0 Å². The molecular weight excluding hydrogens is 687 g/mol. The van der Waals surface area contributed by atoms with Crippen molar-refractivity contribution >= 4 is 59.3 Å². The highest BCUT2D eigenvalue weighted by atomic mass is 32.1. The van der Waals surface area contributed by atoms with Gasteiger partial charge < -0.3 is 9.64 Å². The summed E-state index contributed by atoms with van der Waals surface area (Å²) in [5, 5.41) is 4.69. The maximum Gasteiger partial charge on any atom is 0.143 e. The third kappa shape index (κ3) is 5.09. The van der Waals surface area contributed by atoms with Gasteiger partial charge in [-0.05, 0) is 70.3 Å². The Hall–Kier alpha value is -6.94. The highest BCUT2D eigenvalue weighted by Crippen LogP contribution is 2.54. The fourth-order valence-electron chi connectivity index (χ4n) is 8.49. The van der Waals surface area contributed by atoms with Crippen molar-refractivity contribution in [2.24, 2.45) is 0 Å². The van der Waals surface area contributed by atoms with Gasteiger partial charge in [-0.1, -0.05) is 158 Å². The van der Waals surface area contributed by atoms with Crippen molar-refractivity contribution in [2.75, 3.05) is 4.90 Å². The van der Waals surface area contributed by atoms with Crippen LogP contribution < -0.4 is 9.64 Å². The van der Waals surface area contributed by atoms with Crippen molar-refractivity contribution in [1.82, 2.24) is 0 Å². The van der Waals surface area contributed by atoms with Crippen LogP contribution in [-0.2, 0) is 0 Å². The predicted molar refractivity (Wildman–Crippen MR) is 233 cm³/mol. The van der Waals surface area contributed by atoms with E-state index in [0.29, 0.717) is 0 Å². The Labute approximate surface area is 323 Å². The fourth-order valence-corrected chi connectivity index (χ4v) is 9.62. The molecule has 0 atom stereocenters. The molecule has 0 radical (unpaired) electrons. The first-order valence-electron chi connectivity index (χ1n) is 18.7. The second kappa shape index (κ2) is 12.9. The molecule has 1 aliphatic heterocycles. The van der Waals surface area contributed by atoms with Crippen LogP contribution >= 0.6 is 11.3 Å². The van der Waals surface area contributed by atoms with Gasteiger partial charge in [-0.25, -0.2) is 0 Å². The van der Waals surface area contributed by atoms with Gasteiger partial charge in [0.05, 0.1) is 17.1 Å². The molecule has 1 aromatic heterocycles. The summed E-state index contributed by atoms with van der Waals surface area (Å²) in [6.07, 6.45) is 0. The van der Waals surface area contributed by atoms with Gasteiger partial charge in [0.2, 0.25) is 0 Å². The third-order valence-corrected chi connectivity index (χ3v) is 12.0. The Kier molecular flexibility index (Phi) is 7.39. The number of para-hydroxylation sites is 1. The maximum absolute atomic E-state index is 7.20. The quantitative estimate of drug-likeness (QED) is 0.176. The molecule has 1 aliphatic rings. The average molecular weight is 720 g/mol. The first kappa shape index (κ1) is 31.6. The Morgan fingerprint density at radius 1 is 0.345 bits per heavy atom. The summed E-state index contributed by atoms with van der Waals surface area (Å²) in [6.45, 7) is 0. The zero-order valence-corrected chi connectivity index (χ0v) is 30.6. The minimum atomic E-state index is 0.853. The number of nitrogens with zero attached hydrogens (tertiary/aromatic N) is 1. The molecule has 2 nitrogen and oxygen atoms in total. The molecule has 0 aliphatic carbocycles. The number of hydrogen-bond acceptors (Lipinski definition) is 3. The summed E-state index contributed by atoms with van der Waals surface area (Å²) in [4.78, 5) is 2.48. The van der Waals surface area contributed by atoms with Crippen LogP contribution in [0.25, 0.3) is 75.5 Å². The summed E-state index contributed by atoms with van der Waals surface area (Å²) in [5.74, 6) is 1.72. The van der Waals surface area contributed by atoms with Gasteiger partial charge >= 0.3 is 0 Å². The van der Waals surface area contributed by atoms with Crippen molar-refractivity contribution < 1.29 is 4.74 Å². The minimum absolute atomic E-state index is 0.853. The van der Waals surface area contributed by atoms with Crippen molar-refractivity contribution in [2.45, 2.75) is 0 Å². The lowest BCUT2D eigenvalue weighted by atomic mass is 9.89. The smallest absolute Gasteiger partial charge is 0.143 e. The Balaban J connectivity index is 1.20. The molecule has 0 saturated carbocycles. The van der Waals surface area contributed by atoms with E-state index in [0.717, 1.165) is 61.6 Å². The summed E-state index contributed by atoms with van der Waals surface area (Å²) in [5.41, 5.74) is 12.5. The second-order valence-electron chi connectivity index (χ2n) is 14.0. The van der Waals surface area contributed by atoms with Crippen LogP contribution in [0.5, 0.6) is 11.5 Å². The fraction of sp³-hybridized carbons (Fsp3) is 0. The third-order valence-electron chi connectivity index (χ3n) is 10.9. The van der Waals surface area contributed by atoms with Gasteiger partial charge in [0, 0.05) is 47.6 Å². The molecule has 11 rings (SSSR count). The van der Waals surface area contributed by atoms with Gasteiger partial charge in [0.25, 0.3) is 0 Å². The molecule has 2 heterocycles. The molecule has 0 bridgehead atoms. The molecule has 0 amide bonds. The highest BCUT2D eigenvalue weighted by molar-refractivity contribution is 7.26. The molecule has 10 aromatic rings. The van der Waals surface area contributed by atoms with Gasteiger partial charge in [0.1, 0.15) is 11.5 Å². The van der Waals surface area contributed by atoms with Crippen LogP contribution in [0, 0.1) is 0 Å². The molecule has 3 heteroatoms. The summed E-state index contributed by atoms with van der Waals surface area (Å²) in [6, 6.07) is 72.0. The number of hydrogen-bond donors (Lipinski definition) is 0. The van der Waals surface area contributed by atoms with Gasteiger partial charge in [-0.3, -0.25) is 0 Å². The van der Waals surface area contributed by atoms with E-state index < -0.39 is 0 Å². The van der Waals surface area contributed by atoms with Gasteiger partial charge in [-0.15, -0.1) is 11.3 Å². The van der Waals surface area contributed by atoms with E-state index in [1.165, 1.54) is 42.4 Å². The van der Waals surface area contributed by atoms with Crippen LogP contribution in [0.3, 0.4) is 0 Å². The Bertz CT molecular complexity index is 3070. The number of rotatable bonds is 5. The second-order valence-corrected chi connectivity index (χ2v) is 15.1. The van der Waals surface area contributed by atoms with E-state index in [9.17, 15) is 0 Å². The first-order valence-corrected chi connectivity index (χ1v) is 19.5. The van der Waals surface area contributed by atoms with E-state index in [2.05, 4.69) is 205 Å². The minimum Gasteiger partial charge on any atom is -0.455 e. The Morgan fingerprint density at radius 2 is 0.927 bits per heavy atom. The molecule has 0 saturated heterocycles. The van der Waals surface area contributed by atoms with Crippen LogP contribution in [-0.4, -0.2) is 0 Å². The molecule has 0 spiro atoms. The normalized spacial score (nSPS) is 11.8. The van der Waals surface area contributed by atoms with E-state index in [1.807, 2.05) is 11.3 Å². The van der Waals surface area contributed by atoms with Crippen LogP contribution in [0.15, 0.2) is 200 Å². The largest absolute Gasteiger partial charge is 0.455 e. The monoisotopic (exact) mass is 719 g/mol. The van der Waals surface area contributed by atoms with Gasteiger partial charge in [0.15, 0.2) is 0 Å². The molecule has 0 unspecified atom stereocenters. The summed E-state index contributed by atoms with van der Waals surface area (Å²) < 4.78 is 9.75. The maximum atomic E-state index is 7.20. The zero-order chi connectivity index (χ0) is 36.3. The van der Waals surface area contributed by atoms with E-state index in [1.54, 1.807) is 0 Å². The first-order chi connectivity index (χ1) is 27.3. The lowest BCUT2D eigenvalue weighted by molar-refractivity contribution is 0.493. The van der Waals surface area contributed by atoms with Crippen molar-refractivity contribution in [3.63, 3.8) is 0 Å². The molecule has 55 heavy (non-hydrogen) atoms. The number of fused-ring (bicyclic) bond motifs is 10. The van der Waals surface area contributed by atoms with Crippen molar-refractivity contribution in [3.05, 3.63) is 200 Å². The molecular formula is C52H33NOS. The average Bonchev–Trinajstić information content (AvgIpc) is 3.57. The number of thiophene rings is 1. The van der Waals surface area contributed by atoms with Crippen LogP contribution in [0.1, 0.15) is 0 Å². The zero-order valence-electron chi connectivity index (χ0n) is 29.8. The number of benzene rings is 9. The number of ether oxygens (including phenoxy) is 1. The highest BCUT2D eigenvalue weighted by Gasteiger charge is 2.27. The molecule has 258 valence electrons. The SMILES string of the molecule is c1ccc(-c2ccccc2N(c2cccc3c4c(ccc23)-c2ccccc2-c2c(cccc2-c2ccccc2)O4)c2cccc3sc4ccccc4c23)cc1. The summed E-state index contributed by atoms with van der Waals surface area (Å²) in [7, 11) is 0. The standard InChI is InChI=1S/C52H33NOS/c1-3-16-34(17-4-1)36-20-9-11-26-44(36)53(46-28-15-31-49-51(46)43-23-10-12-30-48(43)55-49)45-27-13-25-41-39(45)32-33-42-38-21-7-8-22-40(38)50-37(35-18-5-2-6-19-35)24-14-29-47(50)54-52(41)42/h1-33H. The van der Waals surface area contributed by atoms with Crippen LogP contribution in [0.4, 0.5) is 17.1 Å². The summed E-state index contributed by atoms with van der Waals surface area (Å²) >= 11 is 1.85. The van der Waals surface area contributed by atoms with E-state index in [-0.39, 0.29) is 0 Å². The molecule has 0 fully saturated rings.